The molecule has 84 valence electrons. The van der Waals surface area contributed by atoms with E-state index in [1.807, 2.05) is 13.8 Å². The third-order valence-electron chi connectivity index (χ3n) is 2.44. The lowest BCUT2D eigenvalue weighted by Crippen LogP contribution is -2.33. The molecule has 1 unspecified atom stereocenters. The average Bonchev–Trinajstić information content (AvgIpc) is 2.03. The van der Waals surface area contributed by atoms with Crippen molar-refractivity contribution in [2.24, 2.45) is 11.1 Å². The summed E-state index contributed by atoms with van der Waals surface area (Å²) in [6.45, 7) is 7.56. The van der Waals surface area contributed by atoms with Crippen molar-refractivity contribution in [3.63, 3.8) is 0 Å². The molecular weight excluding hydrogens is 198 g/mol. The summed E-state index contributed by atoms with van der Waals surface area (Å²) in [6.07, 6.45) is 5.00. The Hall–Kier alpha value is -0.350. The van der Waals surface area contributed by atoms with Crippen LogP contribution in [0.4, 0.5) is 0 Å². The monoisotopic (exact) mass is 219 g/mol. The van der Waals surface area contributed by atoms with Crippen molar-refractivity contribution in [3.05, 3.63) is 12.7 Å². The second kappa shape index (κ2) is 6.19. The number of allylic oxidation sites excluding steroid dienone is 1. The summed E-state index contributed by atoms with van der Waals surface area (Å²) in [4.78, 5) is 0. The van der Waals surface area contributed by atoms with Crippen LogP contribution < -0.4 is 5.14 Å². The molecule has 0 saturated carbocycles. The molecule has 0 aromatic rings. The van der Waals surface area contributed by atoms with Gasteiger partial charge in [0.05, 0.1) is 5.25 Å². The summed E-state index contributed by atoms with van der Waals surface area (Å²) in [5.41, 5.74) is 0. The molecule has 0 spiro atoms. The summed E-state index contributed by atoms with van der Waals surface area (Å²) in [5, 5.41) is 4.77. The van der Waals surface area contributed by atoms with Gasteiger partial charge in [-0.2, -0.15) is 0 Å². The molecule has 2 atom stereocenters. The van der Waals surface area contributed by atoms with E-state index in [-0.39, 0.29) is 5.92 Å². The van der Waals surface area contributed by atoms with Gasteiger partial charge in [0.2, 0.25) is 10.0 Å². The SMILES string of the molecule is C=CC[C@@H](C)C(CCCC)S(N)(=O)=O. The molecule has 0 aromatic heterocycles. The Balaban J connectivity index is 4.46. The first-order chi connectivity index (χ1) is 6.43. The molecular formula is C10H21NO2S. The minimum Gasteiger partial charge on any atom is -0.228 e. The van der Waals surface area contributed by atoms with Crippen molar-refractivity contribution in [2.75, 3.05) is 0 Å². The molecule has 0 heterocycles. The van der Waals surface area contributed by atoms with Gasteiger partial charge in [-0.05, 0) is 18.8 Å². The first-order valence-electron chi connectivity index (χ1n) is 5.06. The molecule has 0 aliphatic rings. The second-order valence-electron chi connectivity index (χ2n) is 3.77. The maximum atomic E-state index is 11.3. The zero-order valence-corrected chi connectivity index (χ0v) is 9.89. The fraction of sp³-hybridized carbons (Fsp3) is 0.800. The van der Waals surface area contributed by atoms with Gasteiger partial charge in [0.1, 0.15) is 0 Å². The third kappa shape index (κ3) is 4.77. The lowest BCUT2D eigenvalue weighted by atomic mass is 9.99. The number of rotatable bonds is 7. The molecule has 0 bridgehead atoms. The number of hydrogen-bond acceptors (Lipinski definition) is 2. The molecule has 0 saturated heterocycles. The van der Waals surface area contributed by atoms with Crippen LogP contribution in [-0.2, 0) is 10.0 Å². The van der Waals surface area contributed by atoms with E-state index >= 15 is 0 Å². The van der Waals surface area contributed by atoms with Gasteiger partial charge in [0.25, 0.3) is 0 Å². The van der Waals surface area contributed by atoms with Crippen molar-refractivity contribution in [1.29, 1.82) is 0 Å². The van der Waals surface area contributed by atoms with Crippen LogP contribution in [0.1, 0.15) is 39.5 Å². The minimum absolute atomic E-state index is 0.0639. The Bertz CT molecular complexity index is 259. The van der Waals surface area contributed by atoms with Crippen LogP contribution in [0.15, 0.2) is 12.7 Å². The normalized spacial score (nSPS) is 16.2. The highest BCUT2D eigenvalue weighted by molar-refractivity contribution is 7.89. The highest BCUT2D eigenvalue weighted by atomic mass is 32.2. The third-order valence-corrected chi connectivity index (χ3v) is 3.98. The largest absolute Gasteiger partial charge is 0.228 e. The topological polar surface area (TPSA) is 60.2 Å². The first kappa shape index (κ1) is 13.7. The van der Waals surface area contributed by atoms with Gasteiger partial charge in [0.15, 0.2) is 0 Å². The number of nitrogens with two attached hydrogens (primary N) is 1. The predicted molar refractivity (Wildman–Crippen MR) is 60.4 cm³/mol. The number of sulfonamides is 1. The molecule has 4 heteroatoms. The maximum absolute atomic E-state index is 11.3. The van der Waals surface area contributed by atoms with Crippen molar-refractivity contribution in [3.8, 4) is 0 Å². The Morgan fingerprint density at radius 1 is 1.50 bits per heavy atom. The van der Waals surface area contributed by atoms with E-state index in [0.717, 1.165) is 12.8 Å². The highest BCUT2D eigenvalue weighted by Gasteiger charge is 2.26. The zero-order chi connectivity index (χ0) is 11.2. The number of primary sulfonamides is 1. The molecule has 0 radical (unpaired) electrons. The van der Waals surface area contributed by atoms with E-state index in [1.54, 1.807) is 6.08 Å². The lowest BCUT2D eigenvalue weighted by Gasteiger charge is -2.20. The lowest BCUT2D eigenvalue weighted by molar-refractivity contribution is 0.478. The fourth-order valence-corrected chi connectivity index (χ4v) is 2.85. The van der Waals surface area contributed by atoms with E-state index < -0.39 is 15.3 Å². The molecule has 2 N–H and O–H groups in total. The smallest absolute Gasteiger partial charge is 0.212 e. The van der Waals surface area contributed by atoms with Gasteiger partial charge in [0, 0.05) is 0 Å². The second-order valence-corrected chi connectivity index (χ2v) is 5.55. The summed E-state index contributed by atoms with van der Waals surface area (Å²) in [6, 6.07) is 0. The number of unbranched alkanes of at least 4 members (excludes halogenated alkanes) is 1. The highest BCUT2D eigenvalue weighted by Crippen LogP contribution is 2.20. The van der Waals surface area contributed by atoms with Crippen molar-refractivity contribution >= 4 is 10.0 Å². The summed E-state index contributed by atoms with van der Waals surface area (Å²) < 4.78 is 22.6. The molecule has 0 aliphatic carbocycles. The van der Waals surface area contributed by atoms with Crippen LogP contribution in [-0.4, -0.2) is 13.7 Å². The molecule has 0 aromatic carbocycles. The van der Waals surface area contributed by atoms with Crippen LogP contribution >= 0.6 is 0 Å². The summed E-state index contributed by atoms with van der Waals surface area (Å²) in [5.74, 6) is 0.0639. The predicted octanol–water partition coefficient (Wildman–Crippen LogP) is 2.05. The Morgan fingerprint density at radius 3 is 2.43 bits per heavy atom. The average molecular weight is 219 g/mol. The quantitative estimate of drug-likeness (QED) is 0.666. The Labute approximate surface area is 87.4 Å². The minimum atomic E-state index is -3.41. The summed E-state index contributed by atoms with van der Waals surface area (Å²) in [7, 11) is -3.41. The number of hydrogen-bond donors (Lipinski definition) is 1. The summed E-state index contributed by atoms with van der Waals surface area (Å²) >= 11 is 0. The molecule has 0 rings (SSSR count). The van der Waals surface area contributed by atoms with E-state index in [2.05, 4.69) is 6.58 Å². The molecule has 0 fully saturated rings. The maximum Gasteiger partial charge on any atom is 0.212 e. The molecule has 3 nitrogen and oxygen atoms in total. The molecule has 14 heavy (non-hydrogen) atoms. The van der Waals surface area contributed by atoms with Crippen molar-refractivity contribution < 1.29 is 8.42 Å². The molecule has 0 amide bonds. The van der Waals surface area contributed by atoms with E-state index in [4.69, 9.17) is 5.14 Å². The van der Waals surface area contributed by atoms with Gasteiger partial charge < -0.3 is 0 Å². The standard InChI is InChI=1S/C10H21NO2S/c1-4-6-8-10(14(11,12)13)9(3)7-5-2/h5,9-10H,2,4,6-8H2,1,3H3,(H2,11,12,13)/t9-,10?/m1/s1. The fourth-order valence-electron chi connectivity index (χ4n) is 1.59. The van der Waals surface area contributed by atoms with E-state index in [9.17, 15) is 8.42 Å². The zero-order valence-electron chi connectivity index (χ0n) is 9.07. The van der Waals surface area contributed by atoms with Crippen LogP contribution in [0, 0.1) is 5.92 Å². The van der Waals surface area contributed by atoms with E-state index in [1.165, 1.54) is 0 Å². The van der Waals surface area contributed by atoms with Crippen LogP contribution in [0.5, 0.6) is 0 Å². The molecule has 0 aliphatic heterocycles. The van der Waals surface area contributed by atoms with Crippen LogP contribution in [0.3, 0.4) is 0 Å². The van der Waals surface area contributed by atoms with Crippen LogP contribution in [0.25, 0.3) is 0 Å². The van der Waals surface area contributed by atoms with Gasteiger partial charge in [-0.25, -0.2) is 13.6 Å². The van der Waals surface area contributed by atoms with Crippen LogP contribution in [0.2, 0.25) is 0 Å². The Kier molecular flexibility index (Phi) is 6.04. The van der Waals surface area contributed by atoms with Crippen molar-refractivity contribution in [1.82, 2.24) is 0 Å². The van der Waals surface area contributed by atoms with Gasteiger partial charge >= 0.3 is 0 Å². The van der Waals surface area contributed by atoms with E-state index in [0.29, 0.717) is 12.8 Å². The Morgan fingerprint density at radius 2 is 2.07 bits per heavy atom. The first-order valence-corrected chi connectivity index (χ1v) is 6.66. The van der Waals surface area contributed by atoms with Gasteiger partial charge in [-0.15, -0.1) is 6.58 Å². The van der Waals surface area contributed by atoms with Crippen molar-refractivity contribution in [2.45, 2.75) is 44.8 Å². The van der Waals surface area contributed by atoms with Gasteiger partial charge in [-0.3, -0.25) is 0 Å². The van der Waals surface area contributed by atoms with Gasteiger partial charge in [-0.1, -0.05) is 32.8 Å².